The Labute approximate surface area is 189 Å². The summed E-state index contributed by atoms with van der Waals surface area (Å²) in [6.07, 6.45) is 9.03. The second-order valence-corrected chi connectivity index (χ2v) is 5.95. The van der Waals surface area contributed by atoms with Gasteiger partial charge in [0.15, 0.2) is 0 Å². The summed E-state index contributed by atoms with van der Waals surface area (Å²) < 4.78 is 0. The zero-order chi connectivity index (χ0) is 14.9. The van der Waals surface area contributed by atoms with Gasteiger partial charge < -0.3 is 37.2 Å². The molecule has 131 valence electrons. The molecule has 0 aromatic heterocycles. The third-order valence-corrected chi connectivity index (χ3v) is 3.88. The molecule has 1 aliphatic carbocycles. The van der Waals surface area contributed by atoms with Gasteiger partial charge in [0.05, 0.1) is 0 Å². The van der Waals surface area contributed by atoms with Gasteiger partial charge in [-0.05, 0) is 0 Å². The van der Waals surface area contributed by atoms with Crippen LogP contribution in [0.15, 0.2) is 72.3 Å². The van der Waals surface area contributed by atoms with E-state index in [2.05, 4.69) is 61.5 Å². The predicted molar refractivity (Wildman–Crippen MR) is 95.3 cm³/mol. The van der Waals surface area contributed by atoms with E-state index in [1.165, 1.54) is 29.2 Å². The average molecular weight is 445 g/mol. The Morgan fingerprint density at radius 1 is 0.880 bits per heavy atom. The zero-order valence-corrected chi connectivity index (χ0v) is 19.6. The fourth-order valence-corrected chi connectivity index (χ4v) is 2.65. The van der Waals surface area contributed by atoms with E-state index >= 15 is 0 Å². The number of allylic oxidation sites excluding steroid dienone is 4. The van der Waals surface area contributed by atoms with Gasteiger partial charge in [-0.1, -0.05) is 79.9 Å². The van der Waals surface area contributed by atoms with Crippen molar-refractivity contribution < 1.29 is 58.9 Å². The molecule has 0 atom stereocenters. The molecule has 2 aromatic rings. The fourth-order valence-electron chi connectivity index (χ4n) is 2.38. The van der Waals surface area contributed by atoms with Crippen molar-refractivity contribution in [2.45, 2.75) is 26.2 Å². The first-order valence-corrected chi connectivity index (χ1v) is 8.24. The van der Waals surface area contributed by atoms with Crippen molar-refractivity contribution in [3.8, 4) is 0 Å². The minimum absolute atomic E-state index is 0. The molecule has 1 radical (unpaired) electrons. The molecule has 0 spiro atoms. The second-order valence-electron chi connectivity index (χ2n) is 5.13. The van der Waals surface area contributed by atoms with Gasteiger partial charge in [-0.2, -0.15) is 23.3 Å². The molecule has 5 heteroatoms. The van der Waals surface area contributed by atoms with Crippen molar-refractivity contribution >= 4 is 21.0 Å². The number of hydrogen-bond acceptors (Lipinski definition) is 0. The van der Waals surface area contributed by atoms with E-state index in [4.69, 9.17) is 0 Å². The molecule has 0 nitrogen and oxygen atoms in total. The van der Waals surface area contributed by atoms with Crippen molar-refractivity contribution in [2.24, 2.45) is 0 Å². The smallest absolute Gasteiger partial charge is 1.00 e. The Bertz CT molecular complexity index is 613. The Balaban J connectivity index is -0.000000386. The maximum atomic E-state index is 3.36. The summed E-state index contributed by atoms with van der Waals surface area (Å²) in [4.78, 5) is 0. The van der Waals surface area contributed by atoms with Crippen LogP contribution in [0.3, 0.4) is 0 Å². The van der Waals surface area contributed by atoms with Gasteiger partial charge in [0.2, 0.25) is 0 Å². The first kappa shape index (κ1) is 29.5. The molecular weight excluding hydrogens is 423 g/mol. The molecule has 3 rings (SSSR count). The molecular formula is C20H22Cl3SiTi. The van der Waals surface area contributed by atoms with Crippen LogP contribution in [0.1, 0.15) is 31.7 Å². The summed E-state index contributed by atoms with van der Waals surface area (Å²) in [6, 6.07) is 20.9. The van der Waals surface area contributed by atoms with Crippen LogP contribution >= 0.6 is 0 Å². The summed E-state index contributed by atoms with van der Waals surface area (Å²) in [7, 11) is 1.90. The minimum atomic E-state index is 0. The quantitative estimate of drug-likeness (QED) is 0.329. The van der Waals surface area contributed by atoms with Crippen molar-refractivity contribution in [3.05, 3.63) is 84.0 Å². The van der Waals surface area contributed by atoms with Crippen LogP contribution in [0, 0.1) is 6.08 Å². The zero-order valence-electron chi connectivity index (χ0n) is 14.3. The maximum absolute atomic E-state index is 3.36. The molecule has 0 fully saturated rings. The van der Waals surface area contributed by atoms with Gasteiger partial charge in [-0.25, -0.2) is 0 Å². The van der Waals surface area contributed by atoms with Crippen LogP contribution in [0.2, 0.25) is 0 Å². The molecule has 0 unspecified atom stereocenters. The third kappa shape index (κ3) is 10.5. The molecule has 0 amide bonds. The predicted octanol–water partition coefficient (Wildman–Crippen LogP) is -5.04. The maximum Gasteiger partial charge on any atom is 4.00 e. The minimum Gasteiger partial charge on any atom is -1.00 e. The van der Waals surface area contributed by atoms with Crippen molar-refractivity contribution in [3.63, 3.8) is 0 Å². The molecule has 0 saturated carbocycles. The molecule has 2 aromatic carbocycles. The van der Waals surface area contributed by atoms with Gasteiger partial charge in [0.25, 0.3) is 0 Å². The standard InChI is InChI=1S/C14H15.C6H7Si.3ClH.Ti/c1-2-7-12-10-6-11-14(12)13-8-4-3-5-9-13;7-6-4-2-1-3-5-6;;;;/h3-6,8-9H,2,7,10H2,1H3;1-5H,7H2;3*1H;/q-1;;;;;+4/p-3. The first-order valence-electron chi connectivity index (χ1n) is 7.54. The van der Waals surface area contributed by atoms with E-state index in [1.54, 1.807) is 5.57 Å². The van der Waals surface area contributed by atoms with E-state index in [0.29, 0.717) is 0 Å². The molecule has 0 heterocycles. The number of halogens is 3. The summed E-state index contributed by atoms with van der Waals surface area (Å²) in [5.74, 6) is 0. The first-order chi connectivity index (χ1) is 10.3. The molecule has 25 heavy (non-hydrogen) atoms. The van der Waals surface area contributed by atoms with Gasteiger partial charge in [-0.3, -0.25) is 0 Å². The summed E-state index contributed by atoms with van der Waals surface area (Å²) in [6.45, 7) is 2.23. The Morgan fingerprint density at radius 3 is 1.84 bits per heavy atom. The van der Waals surface area contributed by atoms with Crippen molar-refractivity contribution in [1.29, 1.82) is 0 Å². The van der Waals surface area contributed by atoms with Crippen LogP contribution < -0.4 is 42.4 Å². The molecule has 0 bridgehead atoms. The topological polar surface area (TPSA) is 0 Å². The summed E-state index contributed by atoms with van der Waals surface area (Å²) in [5.41, 5.74) is 4.18. The van der Waals surface area contributed by atoms with Crippen molar-refractivity contribution in [1.82, 2.24) is 0 Å². The Hall–Kier alpha value is -0.279. The van der Waals surface area contributed by atoms with Gasteiger partial charge in [-0.15, -0.1) is 17.7 Å². The van der Waals surface area contributed by atoms with Crippen LogP contribution in [0.25, 0.3) is 5.57 Å². The van der Waals surface area contributed by atoms with Crippen LogP contribution in [-0.4, -0.2) is 10.2 Å². The second kappa shape index (κ2) is 17.2. The van der Waals surface area contributed by atoms with E-state index in [0.717, 1.165) is 6.42 Å². The summed E-state index contributed by atoms with van der Waals surface area (Å²) in [5, 5.41) is 1.35. The fraction of sp³-hybridized carbons (Fsp3) is 0.200. The number of rotatable bonds is 3. The molecule has 0 aliphatic heterocycles. The van der Waals surface area contributed by atoms with Crippen LogP contribution in [-0.2, 0) is 21.7 Å². The summed E-state index contributed by atoms with van der Waals surface area (Å²) >= 11 is 0. The van der Waals surface area contributed by atoms with E-state index < -0.39 is 0 Å². The van der Waals surface area contributed by atoms with E-state index in [-0.39, 0.29) is 58.9 Å². The van der Waals surface area contributed by atoms with Gasteiger partial charge >= 0.3 is 21.7 Å². The average Bonchev–Trinajstić information content (AvgIpc) is 2.98. The normalized spacial score (nSPS) is 11.0. The molecule has 1 aliphatic rings. The van der Waals surface area contributed by atoms with Crippen LogP contribution in [0.5, 0.6) is 0 Å². The SMILES string of the molecule is CCCC1=C(c2ccccc2)[C-]=CC1.[Cl-].[Cl-].[Cl-].[SiH2]c1ccccc1.[Ti+4]. The monoisotopic (exact) mass is 443 g/mol. The Morgan fingerprint density at radius 2 is 1.40 bits per heavy atom. The van der Waals surface area contributed by atoms with E-state index in [1.807, 2.05) is 28.4 Å². The van der Waals surface area contributed by atoms with Gasteiger partial charge in [0, 0.05) is 10.2 Å². The Kier molecular flexibility index (Phi) is 20.2. The van der Waals surface area contributed by atoms with Crippen molar-refractivity contribution in [2.75, 3.05) is 0 Å². The van der Waals surface area contributed by atoms with Gasteiger partial charge in [0.1, 0.15) is 0 Å². The largest absolute Gasteiger partial charge is 4.00 e. The van der Waals surface area contributed by atoms with Crippen LogP contribution in [0.4, 0.5) is 0 Å². The number of hydrogen-bond donors (Lipinski definition) is 0. The molecule has 0 saturated heterocycles. The number of benzene rings is 2. The third-order valence-electron chi connectivity index (χ3n) is 3.41. The molecule has 0 N–H and O–H groups in total. The van der Waals surface area contributed by atoms with E-state index in [9.17, 15) is 0 Å².